The van der Waals surface area contributed by atoms with E-state index in [0.717, 1.165) is 13.5 Å². The summed E-state index contributed by atoms with van der Waals surface area (Å²) in [6, 6.07) is 0. The number of hydrogen-bond acceptors (Lipinski definition) is 2. The van der Waals surface area contributed by atoms with E-state index in [1.54, 1.807) is 0 Å². The largest absolute Gasteiger partial charge is 0.545 e. The summed E-state index contributed by atoms with van der Waals surface area (Å²) in [6.07, 6.45) is 0. The Morgan fingerprint density at radius 2 is 1.40 bits per heavy atom. The fraction of sp³-hybridized carbons (Fsp3) is 0. The molecule has 0 aliphatic rings. The summed E-state index contributed by atoms with van der Waals surface area (Å²) in [6.45, 7) is 1.50. The smallest absolute Gasteiger partial charge is 0 e. The van der Waals surface area contributed by atoms with Gasteiger partial charge in [0.2, 0.25) is 0 Å². The van der Waals surface area contributed by atoms with Crippen LogP contribution in [0.3, 0.4) is 0 Å². The maximum absolute atomic E-state index is 8.35. The van der Waals surface area contributed by atoms with Crippen molar-refractivity contribution < 1.29 is 32.4 Å². The van der Waals surface area contributed by atoms with Gasteiger partial charge in [-0.25, -0.2) is 0 Å². The Bertz CT molecular complexity index is 34.7. The molecule has 0 aromatic heterocycles. The van der Waals surface area contributed by atoms with Gasteiger partial charge in [0.25, 0.3) is 0 Å². The summed E-state index contributed by atoms with van der Waals surface area (Å²) in [4.78, 5) is 16.7. The van der Waals surface area contributed by atoms with E-state index in [-0.39, 0.29) is 20.1 Å². The molecule has 0 saturated carbocycles. The van der Waals surface area contributed by atoms with Gasteiger partial charge < -0.3 is 9.59 Å². The van der Waals surface area contributed by atoms with Crippen LogP contribution in [-0.4, -0.2) is 13.5 Å². The molecule has 5 heavy (non-hydrogen) atoms. The van der Waals surface area contributed by atoms with E-state index >= 15 is 0 Å². The molecule has 0 bridgehead atoms. The van der Waals surface area contributed by atoms with Gasteiger partial charge in [-0.2, -0.15) is 2.74 Å². The molecule has 2 nitrogen and oxygen atoms in total. The number of carbonyl (C=O) groups excluding carboxylic acids is 2. The predicted octanol–water partition coefficient (Wildman–Crippen LogP) is -0.551. The van der Waals surface area contributed by atoms with Crippen LogP contribution in [0.2, 0.25) is 0 Å². The topological polar surface area (TPSA) is 34.1 Å². The van der Waals surface area contributed by atoms with Crippen molar-refractivity contribution in [3.63, 3.8) is 0 Å². The van der Waals surface area contributed by atoms with Crippen LogP contribution >= 0.6 is 0 Å². The summed E-state index contributed by atoms with van der Waals surface area (Å²) in [5, 5.41) is 0. The van der Waals surface area contributed by atoms with Gasteiger partial charge in [0, 0.05) is 20.1 Å². The van der Waals surface area contributed by atoms with Crippen molar-refractivity contribution in [3.05, 3.63) is 0 Å². The summed E-state index contributed by atoms with van der Waals surface area (Å²) < 4.78 is 10.8. The zero-order valence-corrected chi connectivity index (χ0v) is 4.54. The van der Waals surface area contributed by atoms with Crippen LogP contribution in [-0.2, 0) is 29.7 Å². The zero-order chi connectivity index (χ0) is 5.41. The van der Waals surface area contributed by atoms with Crippen molar-refractivity contribution >= 4 is 13.5 Å². The summed E-state index contributed by atoms with van der Waals surface area (Å²) in [7, 11) is 0. The van der Waals surface area contributed by atoms with Gasteiger partial charge in [-0.3, -0.25) is 13.5 Å². The monoisotopic (exact) mass is 253 g/mol. The summed E-state index contributed by atoms with van der Waals surface area (Å²) in [5.74, 6) is 0. The maximum Gasteiger partial charge on any atom is 0 e. The summed E-state index contributed by atoms with van der Waals surface area (Å²) >= 11 is 0. The van der Waals surface area contributed by atoms with Gasteiger partial charge in [-0.15, -0.1) is 0 Å². The van der Waals surface area contributed by atoms with Crippen molar-refractivity contribution in [2.24, 2.45) is 0 Å². The maximum atomic E-state index is 8.35. The van der Waals surface area contributed by atoms with E-state index in [1.165, 1.54) is 0 Å². The Balaban J connectivity index is -0.0000000400. The fourth-order valence-corrected chi connectivity index (χ4v) is 0. The van der Waals surface area contributed by atoms with Crippen molar-refractivity contribution in [1.29, 1.82) is 0 Å². The van der Waals surface area contributed by atoms with Crippen LogP contribution < -0.4 is 0 Å². The standard InChI is InChI=1S/2CHO.Ir/c2*1-2;/h2*1H;/q2*-1;/i2*1D;. The van der Waals surface area contributed by atoms with Gasteiger partial charge in [-0.05, 0) is 0 Å². The van der Waals surface area contributed by atoms with E-state index < -0.39 is 0 Å². The molecule has 0 amide bonds. The minimum Gasteiger partial charge on any atom is -0.545 e. The van der Waals surface area contributed by atoms with Crippen LogP contribution in [0.15, 0.2) is 0 Å². The third-order valence-electron chi connectivity index (χ3n) is 0. The second kappa shape index (κ2) is 314000. The minimum absolute atomic E-state index is 0. The van der Waals surface area contributed by atoms with Crippen LogP contribution in [0.1, 0.15) is 2.74 Å². The van der Waals surface area contributed by atoms with Gasteiger partial charge in [0.1, 0.15) is 0 Å². The van der Waals surface area contributed by atoms with E-state index in [1.807, 2.05) is 0 Å². The third kappa shape index (κ3) is 139000. The minimum atomic E-state index is 0. The normalized spacial score (nSPS) is 5.60. The Kier molecular flexibility index (Phi) is 314000. The Morgan fingerprint density at radius 1 is 1.40 bits per heavy atom. The molecule has 0 saturated heterocycles. The van der Waals surface area contributed by atoms with Gasteiger partial charge in [0.05, 0.1) is 0 Å². The van der Waals surface area contributed by atoms with Gasteiger partial charge >= 0.3 is 0 Å². The molecule has 0 rings (SSSR count). The van der Waals surface area contributed by atoms with E-state index in [9.17, 15) is 0 Å². The molecule has 0 aromatic carbocycles. The van der Waals surface area contributed by atoms with Crippen LogP contribution in [0, 0.1) is 0 Å². The molecule has 0 aromatic rings. The molecule has 0 fully saturated rings. The summed E-state index contributed by atoms with van der Waals surface area (Å²) in [5.41, 5.74) is 0. The first kappa shape index (κ1) is 4.99. The van der Waals surface area contributed by atoms with Crippen molar-refractivity contribution in [2.75, 3.05) is 0 Å². The molecule has 3 heteroatoms. The molecular formula is C2H2IrO2-2. The van der Waals surface area contributed by atoms with Crippen molar-refractivity contribution in [3.8, 4) is 0 Å². The van der Waals surface area contributed by atoms with E-state index in [2.05, 4.69) is 0 Å². The second-order valence-corrected chi connectivity index (χ2v) is 0. The molecular weight excluding hydrogens is 248 g/mol. The predicted molar refractivity (Wildman–Crippen MR) is 13.5 cm³/mol. The number of hydrogen-bond donors (Lipinski definition) is 0. The Hall–Kier alpha value is -0.0106. The second-order valence-electron chi connectivity index (χ2n) is 0. The van der Waals surface area contributed by atoms with Gasteiger partial charge in [-0.1, -0.05) is 0 Å². The first-order valence-electron chi connectivity index (χ1n) is 1.41. The first-order chi connectivity index (χ1) is 2.83. The van der Waals surface area contributed by atoms with Gasteiger partial charge in [0.15, 0.2) is 0 Å². The number of rotatable bonds is 0. The third-order valence-corrected chi connectivity index (χ3v) is 0. The molecule has 0 unspecified atom stereocenters. The molecule has 0 aliphatic heterocycles. The molecule has 1 radical (unpaired) electrons. The zero-order valence-electron chi connectivity index (χ0n) is 4.15. The van der Waals surface area contributed by atoms with Crippen LogP contribution in [0.5, 0.6) is 0 Å². The Labute approximate surface area is 46.7 Å². The van der Waals surface area contributed by atoms with Crippen molar-refractivity contribution in [1.82, 2.24) is 0 Å². The SMILES string of the molecule is [2H][C-]=O.[2H][C-]=O.[Ir]. The quantitative estimate of drug-likeness (QED) is 0.428. The average Bonchev–Trinajstić information content (AvgIpc) is 1.39. The van der Waals surface area contributed by atoms with Crippen LogP contribution in [0.4, 0.5) is 0 Å². The van der Waals surface area contributed by atoms with E-state index in [4.69, 9.17) is 12.3 Å². The average molecular weight is 252 g/mol. The molecule has 0 atom stereocenters. The van der Waals surface area contributed by atoms with Crippen LogP contribution in [0.25, 0.3) is 0 Å². The molecule has 0 heterocycles. The van der Waals surface area contributed by atoms with E-state index in [0.29, 0.717) is 0 Å². The fourth-order valence-electron chi connectivity index (χ4n) is 0. The first-order valence-corrected chi connectivity index (χ1v) is 0.408. The molecule has 0 N–H and O–H groups in total. The molecule has 0 aliphatic carbocycles. The molecule has 33 valence electrons. The van der Waals surface area contributed by atoms with Crippen molar-refractivity contribution in [2.45, 2.75) is 0 Å². The Morgan fingerprint density at radius 3 is 1.40 bits per heavy atom. The molecule has 0 spiro atoms.